The van der Waals surface area contributed by atoms with Crippen LogP contribution in [0.5, 0.6) is 0 Å². The van der Waals surface area contributed by atoms with Gasteiger partial charge in [0.2, 0.25) is 0 Å². The van der Waals surface area contributed by atoms with Gasteiger partial charge in [-0.15, -0.1) is 0 Å². The molecule has 0 amide bonds. The number of halogens is 3. The average Bonchev–Trinajstić information content (AvgIpc) is 2.88. The van der Waals surface area contributed by atoms with Gasteiger partial charge in [0.25, 0.3) is 0 Å². The fourth-order valence-corrected chi connectivity index (χ4v) is 3.00. The Balaban J connectivity index is 2.12. The molecule has 0 spiro atoms. The summed E-state index contributed by atoms with van der Waals surface area (Å²) >= 11 is 2.50. The van der Waals surface area contributed by atoms with Gasteiger partial charge in [0.15, 0.2) is 4.34 Å². The van der Waals surface area contributed by atoms with Crippen molar-refractivity contribution in [3.05, 3.63) is 41.7 Å². The molecule has 1 heterocycles. The highest BCUT2D eigenvalue weighted by molar-refractivity contribution is 8.00. The van der Waals surface area contributed by atoms with Gasteiger partial charge in [0, 0.05) is 11.8 Å². The van der Waals surface area contributed by atoms with Crippen LogP contribution >= 0.6 is 23.3 Å². The number of nitrogens with two attached hydrogens (primary N) is 1. The van der Waals surface area contributed by atoms with Gasteiger partial charge < -0.3 is 5.73 Å². The summed E-state index contributed by atoms with van der Waals surface area (Å²) in [4.78, 5) is 3.95. The molecule has 0 aliphatic rings. The molecule has 102 valence electrons. The number of thioether (sulfide) groups is 1. The Morgan fingerprint density at radius 3 is 2.68 bits per heavy atom. The molecule has 2 rings (SSSR count). The summed E-state index contributed by atoms with van der Waals surface area (Å²) in [5.74, 6) is 0.322. The number of rotatable bonds is 4. The molecule has 1 aromatic carbocycles. The zero-order chi connectivity index (χ0) is 13.9. The molecule has 0 aliphatic heterocycles. The lowest BCUT2D eigenvalue weighted by atomic mass is 10.0. The van der Waals surface area contributed by atoms with Crippen LogP contribution in [0.3, 0.4) is 0 Å². The minimum Gasteiger partial charge on any atom is -0.323 e. The molecule has 1 unspecified atom stereocenters. The minimum atomic E-state index is -4.39. The van der Waals surface area contributed by atoms with Crippen LogP contribution < -0.4 is 5.73 Å². The van der Waals surface area contributed by atoms with Crippen LogP contribution in [0, 0.1) is 0 Å². The molecule has 1 aromatic heterocycles. The second kappa shape index (κ2) is 5.89. The largest absolute Gasteiger partial charge is 0.416 e. The summed E-state index contributed by atoms with van der Waals surface area (Å²) in [6.07, 6.45) is -2.98. The molecule has 0 aliphatic carbocycles. The van der Waals surface area contributed by atoms with Crippen LogP contribution in [-0.2, 0) is 6.18 Å². The van der Waals surface area contributed by atoms with Gasteiger partial charge in [-0.3, -0.25) is 0 Å². The number of hydrogen-bond donors (Lipinski definition) is 1. The third-order valence-corrected chi connectivity index (χ3v) is 4.31. The summed E-state index contributed by atoms with van der Waals surface area (Å²) < 4.78 is 43.0. The van der Waals surface area contributed by atoms with Crippen LogP contribution in [0.1, 0.15) is 17.2 Å². The third-order valence-electron chi connectivity index (χ3n) is 2.39. The Labute approximate surface area is 116 Å². The van der Waals surface area contributed by atoms with Crippen molar-refractivity contribution in [1.82, 2.24) is 9.36 Å². The van der Waals surface area contributed by atoms with Crippen molar-refractivity contribution in [2.24, 2.45) is 5.73 Å². The summed E-state index contributed by atoms with van der Waals surface area (Å²) in [5.41, 5.74) is 5.27. The number of aromatic nitrogens is 2. The van der Waals surface area contributed by atoms with Crippen molar-refractivity contribution in [3.63, 3.8) is 0 Å². The molecule has 0 saturated heterocycles. The highest BCUT2D eigenvalue weighted by atomic mass is 32.2. The normalized spacial score (nSPS) is 13.5. The maximum absolute atomic E-state index is 12.8. The molecular formula is C11H10F3N3S2. The maximum atomic E-state index is 12.8. The second-order valence-corrected chi connectivity index (χ2v) is 5.76. The lowest BCUT2D eigenvalue weighted by Crippen LogP contribution is -2.19. The first kappa shape index (κ1) is 14.3. The Bertz CT molecular complexity index is 528. The van der Waals surface area contributed by atoms with E-state index >= 15 is 0 Å². The summed E-state index contributed by atoms with van der Waals surface area (Å²) in [7, 11) is 0. The van der Waals surface area contributed by atoms with Gasteiger partial charge in [0.05, 0.1) is 5.56 Å². The molecule has 19 heavy (non-hydrogen) atoms. The maximum Gasteiger partial charge on any atom is 0.416 e. The fraction of sp³-hybridized carbons (Fsp3) is 0.273. The van der Waals surface area contributed by atoms with E-state index in [2.05, 4.69) is 9.36 Å². The van der Waals surface area contributed by atoms with Crippen molar-refractivity contribution in [1.29, 1.82) is 0 Å². The predicted octanol–water partition coefficient (Wildman–Crippen LogP) is 3.35. The van der Waals surface area contributed by atoms with E-state index in [4.69, 9.17) is 5.73 Å². The van der Waals surface area contributed by atoms with Gasteiger partial charge in [-0.05, 0) is 23.2 Å². The smallest absolute Gasteiger partial charge is 0.323 e. The van der Waals surface area contributed by atoms with E-state index in [1.165, 1.54) is 41.8 Å². The molecular weight excluding hydrogens is 295 g/mol. The topological polar surface area (TPSA) is 51.8 Å². The van der Waals surface area contributed by atoms with E-state index in [-0.39, 0.29) is 5.56 Å². The second-order valence-electron chi connectivity index (χ2n) is 3.71. The zero-order valence-electron chi connectivity index (χ0n) is 9.59. The average molecular weight is 305 g/mol. The first-order valence-corrected chi connectivity index (χ1v) is 7.05. The molecule has 8 heteroatoms. The molecule has 2 N–H and O–H groups in total. The van der Waals surface area contributed by atoms with E-state index in [0.29, 0.717) is 10.1 Å². The van der Waals surface area contributed by atoms with Crippen molar-refractivity contribution >= 4 is 23.3 Å². The van der Waals surface area contributed by atoms with Gasteiger partial charge in [0.1, 0.15) is 6.33 Å². The van der Waals surface area contributed by atoms with Crippen molar-refractivity contribution in [2.45, 2.75) is 16.6 Å². The molecule has 0 bridgehead atoms. The number of nitrogens with zero attached hydrogens (tertiary/aromatic N) is 2. The van der Waals surface area contributed by atoms with Crippen molar-refractivity contribution in [2.75, 3.05) is 5.75 Å². The Hall–Kier alpha value is -1.12. The summed E-state index contributed by atoms with van der Waals surface area (Å²) in [6.45, 7) is 0. The molecule has 2 aromatic rings. The van der Waals surface area contributed by atoms with E-state index in [9.17, 15) is 13.2 Å². The van der Waals surface area contributed by atoms with E-state index < -0.39 is 17.8 Å². The highest BCUT2D eigenvalue weighted by Gasteiger charge is 2.34. The summed E-state index contributed by atoms with van der Waals surface area (Å²) in [6, 6.07) is 4.67. The van der Waals surface area contributed by atoms with Crippen LogP contribution in [0.15, 0.2) is 34.9 Å². The van der Waals surface area contributed by atoms with Gasteiger partial charge in [-0.25, -0.2) is 4.98 Å². The lowest BCUT2D eigenvalue weighted by Gasteiger charge is -2.17. The Morgan fingerprint density at radius 2 is 2.05 bits per heavy atom. The minimum absolute atomic E-state index is 0.104. The zero-order valence-corrected chi connectivity index (χ0v) is 11.2. The SMILES string of the molecule is NC(CSc1ncns1)c1ccccc1C(F)(F)F. The van der Waals surface area contributed by atoms with Crippen LogP contribution in [-0.4, -0.2) is 15.1 Å². The quantitative estimate of drug-likeness (QED) is 0.880. The lowest BCUT2D eigenvalue weighted by molar-refractivity contribution is -0.138. The van der Waals surface area contributed by atoms with Crippen molar-refractivity contribution in [3.8, 4) is 0 Å². The van der Waals surface area contributed by atoms with Gasteiger partial charge in [-0.1, -0.05) is 30.0 Å². The predicted molar refractivity (Wildman–Crippen MR) is 69.0 cm³/mol. The fourth-order valence-electron chi connectivity index (χ4n) is 1.56. The monoisotopic (exact) mass is 305 g/mol. The van der Waals surface area contributed by atoms with Crippen LogP contribution in [0.25, 0.3) is 0 Å². The molecule has 0 saturated carbocycles. The molecule has 1 atom stereocenters. The van der Waals surface area contributed by atoms with Crippen molar-refractivity contribution < 1.29 is 13.2 Å². The standard InChI is InChI=1S/C11H10F3N3S2/c12-11(13,14)8-4-2-1-3-7(8)9(15)5-18-10-16-6-17-19-10/h1-4,6,9H,5,15H2. The van der Waals surface area contributed by atoms with E-state index in [1.54, 1.807) is 6.07 Å². The molecule has 0 fully saturated rings. The van der Waals surface area contributed by atoms with E-state index in [1.807, 2.05) is 0 Å². The van der Waals surface area contributed by atoms with E-state index in [0.717, 1.165) is 6.07 Å². The Morgan fingerprint density at radius 1 is 1.32 bits per heavy atom. The van der Waals surface area contributed by atoms with Gasteiger partial charge >= 0.3 is 6.18 Å². The molecule has 3 nitrogen and oxygen atoms in total. The van der Waals surface area contributed by atoms with Gasteiger partial charge in [-0.2, -0.15) is 17.5 Å². The Kier molecular flexibility index (Phi) is 4.43. The van der Waals surface area contributed by atoms with Crippen LogP contribution in [0.4, 0.5) is 13.2 Å². The first-order valence-electron chi connectivity index (χ1n) is 5.29. The highest BCUT2D eigenvalue weighted by Crippen LogP contribution is 2.35. The molecule has 0 radical (unpaired) electrons. The number of alkyl halides is 3. The number of benzene rings is 1. The number of hydrogen-bond acceptors (Lipinski definition) is 5. The first-order chi connectivity index (χ1) is 8.98. The van der Waals surface area contributed by atoms with Crippen LogP contribution in [0.2, 0.25) is 0 Å². The summed E-state index contributed by atoms with van der Waals surface area (Å²) in [5, 5.41) is 0. The third kappa shape index (κ3) is 3.68.